The summed E-state index contributed by atoms with van der Waals surface area (Å²) in [4.78, 5) is 6.99. The number of hydrogen-bond acceptors (Lipinski definition) is 3. The average molecular weight is 458 g/mol. The molecule has 2 rings (SSSR count). The summed E-state index contributed by atoms with van der Waals surface area (Å²) in [6.45, 7) is 10.9. The molecular formula is C19H31IN4O. The van der Waals surface area contributed by atoms with Crippen molar-refractivity contribution >= 4 is 29.9 Å². The second-order valence-corrected chi connectivity index (χ2v) is 6.19. The molecule has 1 fully saturated rings. The number of rotatable bonds is 7. The van der Waals surface area contributed by atoms with Gasteiger partial charge in [0.1, 0.15) is 0 Å². The highest BCUT2D eigenvalue weighted by Gasteiger charge is 2.16. The Morgan fingerprint density at radius 2 is 1.88 bits per heavy atom. The average Bonchev–Trinajstić information content (AvgIpc) is 2.60. The Balaban J connectivity index is 0.00000312. The first kappa shape index (κ1) is 21.9. The minimum absolute atomic E-state index is 0. The third-order valence-electron chi connectivity index (χ3n) is 4.16. The molecule has 0 spiro atoms. The fraction of sp³-hybridized carbons (Fsp3) is 0.526. The molecule has 0 aliphatic carbocycles. The molecule has 1 aliphatic heterocycles. The highest BCUT2D eigenvalue weighted by atomic mass is 127. The maximum atomic E-state index is 9.57. The zero-order valence-electron chi connectivity index (χ0n) is 15.1. The highest BCUT2D eigenvalue weighted by Crippen LogP contribution is 2.14. The van der Waals surface area contributed by atoms with Gasteiger partial charge in [0.25, 0.3) is 0 Å². The molecule has 1 saturated heterocycles. The Morgan fingerprint density at radius 3 is 2.48 bits per heavy atom. The lowest BCUT2D eigenvalue weighted by molar-refractivity contribution is 0.0792. The zero-order valence-corrected chi connectivity index (χ0v) is 17.4. The van der Waals surface area contributed by atoms with Crippen molar-refractivity contribution in [1.29, 1.82) is 0 Å². The Bertz CT molecular complexity index is 525. The highest BCUT2D eigenvalue weighted by molar-refractivity contribution is 14.0. The molecular weight excluding hydrogens is 427 g/mol. The van der Waals surface area contributed by atoms with Crippen LogP contribution in [0.25, 0.3) is 0 Å². The van der Waals surface area contributed by atoms with E-state index >= 15 is 0 Å². The number of benzene rings is 1. The lowest BCUT2D eigenvalue weighted by atomic mass is 10.1. The topological polar surface area (TPSA) is 59.9 Å². The van der Waals surface area contributed by atoms with E-state index in [1.54, 1.807) is 0 Å². The fourth-order valence-corrected chi connectivity index (χ4v) is 2.77. The number of aliphatic hydroxyl groups is 1. The van der Waals surface area contributed by atoms with Gasteiger partial charge in [-0.05, 0) is 30.9 Å². The lowest BCUT2D eigenvalue weighted by Gasteiger charge is -2.29. The van der Waals surface area contributed by atoms with Crippen LogP contribution >= 0.6 is 24.0 Å². The minimum Gasteiger partial charge on any atom is -0.393 e. The first-order valence-corrected chi connectivity index (χ1v) is 8.82. The first-order chi connectivity index (χ1) is 11.7. The van der Waals surface area contributed by atoms with Crippen molar-refractivity contribution in [2.45, 2.75) is 39.0 Å². The molecule has 1 heterocycles. The van der Waals surface area contributed by atoms with E-state index in [4.69, 9.17) is 0 Å². The number of piperidine rings is 1. The maximum Gasteiger partial charge on any atom is 0.191 e. The predicted molar refractivity (Wildman–Crippen MR) is 115 cm³/mol. The predicted octanol–water partition coefficient (Wildman–Crippen LogP) is 2.50. The molecule has 3 N–H and O–H groups in total. The summed E-state index contributed by atoms with van der Waals surface area (Å²) in [5.41, 5.74) is 2.51. The fourth-order valence-electron chi connectivity index (χ4n) is 2.77. The first-order valence-electron chi connectivity index (χ1n) is 8.82. The number of aliphatic imine (C=N–C) groups is 1. The van der Waals surface area contributed by atoms with Crippen molar-refractivity contribution in [3.05, 3.63) is 48.0 Å². The monoisotopic (exact) mass is 458 g/mol. The summed E-state index contributed by atoms with van der Waals surface area (Å²) in [7, 11) is 0. The van der Waals surface area contributed by atoms with Crippen molar-refractivity contribution < 1.29 is 5.11 Å². The number of nitrogens with zero attached hydrogens (tertiary/aromatic N) is 2. The molecule has 0 atom stereocenters. The molecule has 0 radical (unpaired) electrons. The number of nitrogens with one attached hydrogen (secondary N) is 2. The van der Waals surface area contributed by atoms with Gasteiger partial charge in [-0.15, -0.1) is 30.6 Å². The molecule has 5 nitrogen and oxygen atoms in total. The summed E-state index contributed by atoms with van der Waals surface area (Å²) in [5.74, 6) is 0.813. The Hall–Kier alpha value is -1.12. The Morgan fingerprint density at radius 1 is 1.24 bits per heavy atom. The summed E-state index contributed by atoms with van der Waals surface area (Å²) >= 11 is 0. The molecule has 0 bridgehead atoms. The van der Waals surface area contributed by atoms with Gasteiger partial charge in [-0.2, -0.15) is 0 Å². The van der Waals surface area contributed by atoms with Crippen LogP contribution in [0.15, 0.2) is 41.9 Å². The molecule has 6 heteroatoms. The van der Waals surface area contributed by atoms with Crippen molar-refractivity contribution in [3.63, 3.8) is 0 Å². The third-order valence-corrected chi connectivity index (χ3v) is 4.16. The van der Waals surface area contributed by atoms with Gasteiger partial charge in [0, 0.05) is 32.7 Å². The molecule has 1 aliphatic rings. The third kappa shape index (κ3) is 8.20. The number of guanidine groups is 1. The van der Waals surface area contributed by atoms with Gasteiger partial charge in [0.15, 0.2) is 5.96 Å². The molecule has 0 unspecified atom stereocenters. The van der Waals surface area contributed by atoms with Crippen molar-refractivity contribution in [3.8, 4) is 0 Å². The normalized spacial score (nSPS) is 16.2. The standard InChI is InChI=1S/C19H30N4O.HI/c1-3-11-21-19(20-4-2)22-14-16-5-7-17(8-6-16)15-23-12-9-18(24)10-13-23;/h3,5-8,18,24H,1,4,9-15H2,2H3,(H2,20,21,22);1H. The van der Waals surface area contributed by atoms with Crippen LogP contribution in [0.1, 0.15) is 30.9 Å². The lowest BCUT2D eigenvalue weighted by Crippen LogP contribution is -2.37. The molecule has 1 aromatic carbocycles. The molecule has 1 aromatic rings. The van der Waals surface area contributed by atoms with E-state index in [9.17, 15) is 5.11 Å². The second-order valence-electron chi connectivity index (χ2n) is 6.19. The minimum atomic E-state index is -0.109. The molecule has 25 heavy (non-hydrogen) atoms. The Kier molecular flexibility index (Phi) is 10.8. The quantitative estimate of drug-likeness (QED) is 0.255. The summed E-state index contributed by atoms with van der Waals surface area (Å²) in [5, 5.41) is 16.0. The van der Waals surface area contributed by atoms with E-state index < -0.39 is 0 Å². The van der Waals surface area contributed by atoms with E-state index in [0.717, 1.165) is 45.0 Å². The van der Waals surface area contributed by atoms with E-state index in [0.29, 0.717) is 13.1 Å². The van der Waals surface area contributed by atoms with Crippen LogP contribution in [0.3, 0.4) is 0 Å². The summed E-state index contributed by atoms with van der Waals surface area (Å²) < 4.78 is 0. The van der Waals surface area contributed by atoms with Crippen molar-refractivity contribution in [2.24, 2.45) is 4.99 Å². The van der Waals surface area contributed by atoms with Gasteiger partial charge in [-0.3, -0.25) is 4.90 Å². The molecule has 0 amide bonds. The number of likely N-dealkylation sites (tertiary alicyclic amines) is 1. The van der Waals surface area contributed by atoms with Crippen LogP contribution in [0, 0.1) is 0 Å². The van der Waals surface area contributed by atoms with E-state index in [2.05, 4.69) is 58.3 Å². The molecule has 0 aromatic heterocycles. The summed E-state index contributed by atoms with van der Waals surface area (Å²) in [6.07, 6.45) is 3.48. The van der Waals surface area contributed by atoms with Gasteiger partial charge < -0.3 is 15.7 Å². The van der Waals surface area contributed by atoms with Gasteiger partial charge in [0.2, 0.25) is 0 Å². The van der Waals surface area contributed by atoms with Gasteiger partial charge in [-0.25, -0.2) is 4.99 Å². The van der Waals surface area contributed by atoms with Crippen LogP contribution in [-0.2, 0) is 13.1 Å². The number of aliphatic hydroxyl groups excluding tert-OH is 1. The van der Waals surface area contributed by atoms with Crippen LogP contribution in [0.4, 0.5) is 0 Å². The largest absolute Gasteiger partial charge is 0.393 e. The second kappa shape index (κ2) is 12.3. The number of hydrogen-bond donors (Lipinski definition) is 3. The van der Waals surface area contributed by atoms with Gasteiger partial charge >= 0.3 is 0 Å². The van der Waals surface area contributed by atoms with Crippen LogP contribution in [0.5, 0.6) is 0 Å². The van der Waals surface area contributed by atoms with Crippen LogP contribution in [-0.4, -0.2) is 48.2 Å². The zero-order chi connectivity index (χ0) is 17.2. The van der Waals surface area contributed by atoms with Crippen LogP contribution < -0.4 is 10.6 Å². The molecule has 0 saturated carbocycles. The van der Waals surface area contributed by atoms with E-state index in [1.165, 1.54) is 11.1 Å². The van der Waals surface area contributed by atoms with Gasteiger partial charge in [-0.1, -0.05) is 30.3 Å². The number of halogens is 1. The van der Waals surface area contributed by atoms with Crippen molar-refractivity contribution in [1.82, 2.24) is 15.5 Å². The smallest absolute Gasteiger partial charge is 0.191 e. The SMILES string of the molecule is C=CCNC(=NCc1ccc(CN2CCC(O)CC2)cc1)NCC.I. The molecule has 140 valence electrons. The van der Waals surface area contributed by atoms with Gasteiger partial charge in [0.05, 0.1) is 12.6 Å². The Labute approximate surface area is 168 Å². The van der Waals surface area contributed by atoms with E-state index in [-0.39, 0.29) is 30.1 Å². The van der Waals surface area contributed by atoms with Crippen LogP contribution in [0.2, 0.25) is 0 Å². The van der Waals surface area contributed by atoms with E-state index in [1.807, 2.05) is 6.08 Å². The summed E-state index contributed by atoms with van der Waals surface area (Å²) in [6, 6.07) is 8.66. The van der Waals surface area contributed by atoms with Crippen molar-refractivity contribution in [2.75, 3.05) is 26.2 Å². The maximum absolute atomic E-state index is 9.57.